The smallest absolute Gasteiger partial charge is 0.309 e. The lowest BCUT2D eigenvalue weighted by atomic mass is 9.99. The number of hydrogen-bond donors (Lipinski definition) is 3. The second-order valence-electron chi connectivity index (χ2n) is 6.80. The van der Waals surface area contributed by atoms with Crippen LogP contribution in [0.1, 0.15) is 29.2 Å². The van der Waals surface area contributed by atoms with Crippen molar-refractivity contribution in [2.45, 2.75) is 26.0 Å². The number of carbonyl (C=O) groups excluding carboxylic acids is 2. The first kappa shape index (κ1) is 19.6. The summed E-state index contributed by atoms with van der Waals surface area (Å²) in [7, 11) is 0. The fourth-order valence-corrected chi connectivity index (χ4v) is 3.07. The lowest BCUT2D eigenvalue weighted by Crippen LogP contribution is -2.40. The normalized spacial score (nSPS) is 11.8. The van der Waals surface area contributed by atoms with E-state index in [0.29, 0.717) is 13.0 Å². The predicted octanol–water partition coefficient (Wildman–Crippen LogP) is 3.00. The van der Waals surface area contributed by atoms with Crippen LogP contribution >= 0.6 is 0 Å². The van der Waals surface area contributed by atoms with E-state index in [9.17, 15) is 14.7 Å². The van der Waals surface area contributed by atoms with Gasteiger partial charge in [-0.05, 0) is 35.2 Å². The summed E-state index contributed by atoms with van der Waals surface area (Å²) < 4.78 is 0. The number of benzene rings is 3. The van der Waals surface area contributed by atoms with E-state index in [1.54, 1.807) is 0 Å². The van der Waals surface area contributed by atoms with Crippen LogP contribution in [0, 0.1) is 6.92 Å². The molecule has 1 atom stereocenters. The Morgan fingerprint density at radius 1 is 0.893 bits per heavy atom. The first-order valence-electron chi connectivity index (χ1n) is 9.32. The Kier molecular flexibility index (Phi) is 6.40. The molecule has 2 amide bonds. The Bertz CT molecular complexity index is 962. The van der Waals surface area contributed by atoms with E-state index in [4.69, 9.17) is 0 Å². The van der Waals surface area contributed by atoms with Gasteiger partial charge in [-0.3, -0.25) is 9.59 Å². The van der Waals surface area contributed by atoms with Crippen molar-refractivity contribution in [3.8, 4) is 0 Å². The van der Waals surface area contributed by atoms with E-state index in [1.165, 1.54) is 0 Å². The molecule has 3 rings (SSSR count). The van der Waals surface area contributed by atoms with Crippen LogP contribution in [0.2, 0.25) is 0 Å². The van der Waals surface area contributed by atoms with Gasteiger partial charge >= 0.3 is 11.8 Å². The summed E-state index contributed by atoms with van der Waals surface area (Å²) in [5.74, 6) is -1.38. The predicted molar refractivity (Wildman–Crippen MR) is 110 cm³/mol. The van der Waals surface area contributed by atoms with Crippen molar-refractivity contribution >= 4 is 22.6 Å². The number of fused-ring (bicyclic) bond motifs is 1. The number of rotatable bonds is 6. The third-order valence-electron chi connectivity index (χ3n) is 4.67. The molecule has 3 aromatic rings. The number of amides is 2. The van der Waals surface area contributed by atoms with Crippen molar-refractivity contribution in [2.24, 2.45) is 0 Å². The number of aryl methyl sites for hydroxylation is 1. The summed E-state index contributed by atoms with van der Waals surface area (Å²) in [5, 5.41) is 17.7. The summed E-state index contributed by atoms with van der Waals surface area (Å²) in [4.78, 5) is 23.9. The highest BCUT2D eigenvalue weighted by Crippen LogP contribution is 2.25. The first-order valence-corrected chi connectivity index (χ1v) is 9.32. The van der Waals surface area contributed by atoms with Crippen LogP contribution in [0.3, 0.4) is 0 Å². The Morgan fingerprint density at radius 2 is 1.57 bits per heavy atom. The zero-order valence-electron chi connectivity index (χ0n) is 15.8. The SMILES string of the molecule is Cc1ccc(CNC(=O)C(=O)NCCC(O)c2cccc3ccccc23)cc1. The van der Waals surface area contributed by atoms with Crippen LogP contribution in [0.5, 0.6) is 0 Å². The molecule has 0 aromatic heterocycles. The van der Waals surface area contributed by atoms with Crippen molar-refractivity contribution in [2.75, 3.05) is 6.54 Å². The molecule has 0 radical (unpaired) electrons. The van der Waals surface area contributed by atoms with Crippen molar-refractivity contribution < 1.29 is 14.7 Å². The number of hydrogen-bond acceptors (Lipinski definition) is 3. The molecule has 1 unspecified atom stereocenters. The molecule has 144 valence electrons. The highest BCUT2D eigenvalue weighted by atomic mass is 16.3. The van der Waals surface area contributed by atoms with Gasteiger partial charge < -0.3 is 15.7 Å². The summed E-state index contributed by atoms with van der Waals surface area (Å²) in [6.07, 6.45) is -0.396. The Morgan fingerprint density at radius 3 is 2.36 bits per heavy atom. The van der Waals surface area contributed by atoms with E-state index in [0.717, 1.165) is 27.5 Å². The van der Waals surface area contributed by atoms with E-state index in [-0.39, 0.29) is 6.54 Å². The molecular weight excluding hydrogens is 352 g/mol. The van der Waals surface area contributed by atoms with Gasteiger partial charge in [0.25, 0.3) is 0 Å². The lowest BCUT2D eigenvalue weighted by Gasteiger charge is -2.14. The molecule has 0 saturated heterocycles. The van der Waals surface area contributed by atoms with Crippen molar-refractivity contribution in [1.82, 2.24) is 10.6 Å². The highest BCUT2D eigenvalue weighted by Gasteiger charge is 2.15. The minimum Gasteiger partial charge on any atom is -0.388 e. The Labute approximate surface area is 164 Å². The van der Waals surface area contributed by atoms with Gasteiger partial charge in [0.2, 0.25) is 0 Å². The van der Waals surface area contributed by atoms with E-state index < -0.39 is 17.9 Å². The lowest BCUT2D eigenvalue weighted by molar-refractivity contribution is -0.139. The fourth-order valence-electron chi connectivity index (χ4n) is 3.07. The maximum atomic E-state index is 11.9. The quantitative estimate of drug-likeness (QED) is 0.579. The van der Waals surface area contributed by atoms with Crippen LogP contribution in [-0.4, -0.2) is 23.5 Å². The second-order valence-corrected chi connectivity index (χ2v) is 6.80. The zero-order valence-corrected chi connectivity index (χ0v) is 15.8. The van der Waals surface area contributed by atoms with Gasteiger partial charge in [-0.2, -0.15) is 0 Å². The molecule has 0 aliphatic carbocycles. The van der Waals surface area contributed by atoms with Gasteiger partial charge in [-0.25, -0.2) is 0 Å². The Balaban J connectivity index is 1.47. The van der Waals surface area contributed by atoms with Gasteiger partial charge in [0, 0.05) is 13.1 Å². The van der Waals surface area contributed by atoms with Crippen molar-refractivity contribution in [3.63, 3.8) is 0 Å². The average Bonchev–Trinajstić information content (AvgIpc) is 2.72. The fraction of sp³-hybridized carbons (Fsp3) is 0.217. The number of carbonyl (C=O) groups is 2. The van der Waals surface area contributed by atoms with Gasteiger partial charge in [0.05, 0.1) is 6.10 Å². The molecule has 0 aliphatic rings. The minimum atomic E-state index is -0.720. The van der Waals surface area contributed by atoms with Gasteiger partial charge in [-0.1, -0.05) is 72.3 Å². The van der Waals surface area contributed by atoms with Crippen LogP contribution in [0.25, 0.3) is 10.8 Å². The molecular formula is C23H24N2O3. The monoisotopic (exact) mass is 376 g/mol. The third-order valence-corrected chi connectivity index (χ3v) is 4.67. The molecule has 0 spiro atoms. The molecule has 3 aromatic carbocycles. The van der Waals surface area contributed by atoms with Crippen molar-refractivity contribution in [3.05, 3.63) is 83.4 Å². The molecule has 0 bridgehead atoms. The van der Waals surface area contributed by atoms with Gasteiger partial charge in [0.1, 0.15) is 0 Å². The molecule has 5 nitrogen and oxygen atoms in total. The van der Waals surface area contributed by atoms with Crippen LogP contribution in [-0.2, 0) is 16.1 Å². The molecule has 0 fully saturated rings. The Hall–Kier alpha value is -3.18. The molecule has 28 heavy (non-hydrogen) atoms. The maximum absolute atomic E-state index is 11.9. The summed E-state index contributed by atoms with van der Waals surface area (Å²) in [6.45, 7) is 2.49. The van der Waals surface area contributed by atoms with Crippen LogP contribution in [0.4, 0.5) is 0 Å². The van der Waals surface area contributed by atoms with Gasteiger partial charge in [0.15, 0.2) is 0 Å². The topological polar surface area (TPSA) is 78.4 Å². The van der Waals surface area contributed by atoms with E-state index in [1.807, 2.05) is 73.7 Å². The largest absolute Gasteiger partial charge is 0.388 e. The zero-order chi connectivity index (χ0) is 19.9. The summed E-state index contributed by atoms with van der Waals surface area (Å²) >= 11 is 0. The average molecular weight is 376 g/mol. The standard InChI is InChI=1S/C23H24N2O3/c1-16-9-11-17(12-10-16)15-25-23(28)22(27)24-14-13-21(26)20-8-4-6-18-5-2-3-7-19(18)20/h2-12,21,26H,13-15H2,1H3,(H,24,27)(H,25,28). The van der Waals surface area contributed by atoms with Crippen molar-refractivity contribution in [1.29, 1.82) is 0 Å². The molecule has 3 N–H and O–H groups in total. The minimum absolute atomic E-state index is 0.209. The van der Waals surface area contributed by atoms with E-state index >= 15 is 0 Å². The van der Waals surface area contributed by atoms with Crippen LogP contribution < -0.4 is 10.6 Å². The molecule has 0 heterocycles. The summed E-state index contributed by atoms with van der Waals surface area (Å²) in [6, 6.07) is 21.3. The van der Waals surface area contributed by atoms with E-state index in [2.05, 4.69) is 10.6 Å². The molecule has 0 aliphatic heterocycles. The number of aliphatic hydroxyl groups is 1. The summed E-state index contributed by atoms with van der Waals surface area (Å²) in [5.41, 5.74) is 2.88. The number of nitrogens with one attached hydrogen (secondary N) is 2. The third kappa shape index (κ3) is 4.96. The highest BCUT2D eigenvalue weighted by molar-refractivity contribution is 6.35. The van der Waals surface area contributed by atoms with Gasteiger partial charge in [-0.15, -0.1) is 0 Å². The van der Waals surface area contributed by atoms with Crippen LogP contribution in [0.15, 0.2) is 66.7 Å². The molecule has 0 saturated carbocycles. The maximum Gasteiger partial charge on any atom is 0.309 e. The first-order chi connectivity index (χ1) is 13.5. The second kappa shape index (κ2) is 9.15. The number of aliphatic hydroxyl groups excluding tert-OH is 1. The molecule has 5 heteroatoms.